The normalized spacial score (nSPS) is 9.88. The zero-order valence-electron chi connectivity index (χ0n) is 8.36. The van der Waals surface area contributed by atoms with Crippen LogP contribution in [0.2, 0.25) is 0 Å². The summed E-state index contributed by atoms with van der Waals surface area (Å²) in [4.78, 5) is 0. The van der Waals surface area contributed by atoms with Crippen molar-refractivity contribution in [2.24, 2.45) is 0 Å². The summed E-state index contributed by atoms with van der Waals surface area (Å²) < 4.78 is 64.2. The predicted molar refractivity (Wildman–Crippen MR) is 54.7 cm³/mol. The van der Waals surface area contributed by atoms with Crippen LogP contribution in [0.25, 0.3) is 0 Å². The van der Waals surface area contributed by atoms with Gasteiger partial charge in [-0.1, -0.05) is 11.8 Å². The number of rotatable bonds is 4. The first-order valence-corrected chi connectivity index (χ1v) is 5.86. The van der Waals surface area contributed by atoms with Gasteiger partial charge in [-0.25, -0.2) is 16.8 Å². The molecule has 0 N–H and O–H groups in total. The minimum Gasteiger partial charge on any atom is -0.725 e. The minimum absolute atomic E-state index is 0. The monoisotopic (exact) mass is 294 g/mol. The molecule has 11 heteroatoms. The Labute approximate surface area is 116 Å². The zero-order valence-corrected chi connectivity index (χ0v) is 11.4. The molecular weight excluding hydrogens is 288 g/mol. The van der Waals surface area contributed by atoms with E-state index in [0.717, 1.165) is 0 Å². The average molecular weight is 295 g/mol. The summed E-state index contributed by atoms with van der Waals surface area (Å²) in [7, 11) is -9.16. The van der Waals surface area contributed by atoms with Crippen LogP contribution in [0.3, 0.4) is 0 Å². The maximum absolute atomic E-state index is 9.52. The van der Waals surface area contributed by atoms with Gasteiger partial charge in [-0.05, 0) is 0 Å². The van der Waals surface area contributed by atoms with Crippen molar-refractivity contribution in [3.63, 3.8) is 0 Å². The maximum Gasteiger partial charge on any atom is 2.00 e. The molecule has 0 saturated carbocycles. The van der Waals surface area contributed by atoms with E-state index in [4.69, 9.17) is 0 Å². The standard InChI is InChI=1S/2C3H4O4S.Mg/c2*1-2-3-7-8(4,5)6;/h2*1H,3H2,(H,4,5,6);/q;;+2/p-2. The van der Waals surface area contributed by atoms with Crippen LogP contribution >= 0.6 is 0 Å². The molecule has 17 heavy (non-hydrogen) atoms. The predicted octanol–water partition coefficient (Wildman–Crippen LogP) is -2.19. The molecule has 0 aromatic carbocycles. The third-order valence-electron chi connectivity index (χ3n) is 0.573. The van der Waals surface area contributed by atoms with E-state index in [1.165, 1.54) is 0 Å². The van der Waals surface area contributed by atoms with Crippen LogP contribution in [-0.4, -0.2) is 62.2 Å². The van der Waals surface area contributed by atoms with E-state index in [-0.39, 0.29) is 23.1 Å². The molecule has 0 saturated heterocycles. The van der Waals surface area contributed by atoms with E-state index in [9.17, 15) is 25.9 Å². The van der Waals surface area contributed by atoms with Gasteiger partial charge in [0.25, 0.3) is 0 Å². The van der Waals surface area contributed by atoms with Gasteiger partial charge in [-0.15, -0.1) is 12.8 Å². The molecule has 0 heterocycles. The average Bonchev–Trinajstić information content (AvgIpc) is 2.10. The SMILES string of the molecule is C#CCOS(=O)(=O)[O-].C#CCOS(=O)(=O)[O-].[Mg+2]. The molecule has 0 unspecified atom stereocenters. The van der Waals surface area contributed by atoms with Crippen molar-refractivity contribution in [3.05, 3.63) is 0 Å². The summed E-state index contributed by atoms with van der Waals surface area (Å²) in [5, 5.41) is 0. The molecule has 0 atom stereocenters. The molecule has 8 nitrogen and oxygen atoms in total. The van der Waals surface area contributed by atoms with Crippen LogP contribution in [0.5, 0.6) is 0 Å². The summed E-state index contributed by atoms with van der Waals surface area (Å²) in [6, 6.07) is 0. The van der Waals surface area contributed by atoms with Crippen LogP contribution in [0.15, 0.2) is 0 Å². The molecular formula is C6H6MgO8S2. The van der Waals surface area contributed by atoms with E-state index < -0.39 is 34.0 Å². The fourth-order valence-corrected chi connectivity index (χ4v) is 0.637. The molecule has 0 aliphatic heterocycles. The van der Waals surface area contributed by atoms with Crippen LogP contribution in [0.4, 0.5) is 0 Å². The van der Waals surface area contributed by atoms with Crippen molar-refractivity contribution in [1.82, 2.24) is 0 Å². The molecule has 0 fully saturated rings. The smallest absolute Gasteiger partial charge is 0.725 e. The summed E-state index contributed by atoms with van der Waals surface area (Å²) in [5.74, 6) is 3.65. The first kappa shape index (κ1) is 21.9. The number of hydrogen-bond donors (Lipinski definition) is 0. The Bertz CT molecular complexity index is 419. The molecule has 92 valence electrons. The van der Waals surface area contributed by atoms with Crippen LogP contribution in [-0.2, 0) is 29.2 Å². The third kappa shape index (κ3) is 31.3. The quantitative estimate of drug-likeness (QED) is 0.247. The minimum atomic E-state index is -4.58. The van der Waals surface area contributed by atoms with Gasteiger partial charge < -0.3 is 9.11 Å². The van der Waals surface area contributed by atoms with Crippen LogP contribution in [0.1, 0.15) is 0 Å². The Hall–Kier alpha value is -0.374. The Morgan fingerprint density at radius 3 is 1.18 bits per heavy atom. The summed E-state index contributed by atoms with van der Waals surface area (Å²) in [6.07, 6.45) is 9.11. The zero-order chi connectivity index (χ0) is 13.2. The Balaban J connectivity index is -0.000000218. The summed E-state index contributed by atoms with van der Waals surface area (Å²) in [5.41, 5.74) is 0. The van der Waals surface area contributed by atoms with E-state index in [1.54, 1.807) is 0 Å². The molecule has 0 aromatic rings. The third-order valence-corrected chi connectivity index (χ3v) is 1.39. The van der Waals surface area contributed by atoms with Crippen molar-refractivity contribution < 1.29 is 34.3 Å². The first-order valence-electron chi connectivity index (χ1n) is 3.20. The molecule has 0 radical (unpaired) electrons. The van der Waals surface area contributed by atoms with Gasteiger partial charge >= 0.3 is 23.1 Å². The van der Waals surface area contributed by atoms with Gasteiger partial charge in [0.1, 0.15) is 13.2 Å². The molecule has 0 rings (SSSR count). The Kier molecular flexibility index (Phi) is 13.8. The molecule has 0 aliphatic carbocycles. The molecule has 0 bridgehead atoms. The second-order valence-corrected chi connectivity index (χ2v) is 3.85. The van der Waals surface area contributed by atoms with E-state index in [0.29, 0.717) is 0 Å². The van der Waals surface area contributed by atoms with Gasteiger partial charge in [0.15, 0.2) is 0 Å². The van der Waals surface area contributed by atoms with Crippen LogP contribution < -0.4 is 0 Å². The van der Waals surface area contributed by atoms with Gasteiger partial charge in [0, 0.05) is 0 Å². The summed E-state index contributed by atoms with van der Waals surface area (Å²) >= 11 is 0. The second kappa shape index (κ2) is 10.8. The first-order chi connectivity index (χ1) is 7.12. The fourth-order valence-electron chi connectivity index (χ4n) is 0.212. The van der Waals surface area contributed by atoms with Gasteiger partial charge in [-0.3, -0.25) is 8.37 Å². The second-order valence-electron chi connectivity index (χ2n) is 1.75. The molecule has 0 aliphatic rings. The van der Waals surface area contributed by atoms with Crippen molar-refractivity contribution in [2.75, 3.05) is 13.2 Å². The molecule has 0 spiro atoms. The van der Waals surface area contributed by atoms with E-state index >= 15 is 0 Å². The molecule has 0 aromatic heterocycles. The number of hydrogen-bond acceptors (Lipinski definition) is 8. The van der Waals surface area contributed by atoms with Crippen LogP contribution in [0, 0.1) is 24.7 Å². The van der Waals surface area contributed by atoms with Crippen molar-refractivity contribution >= 4 is 43.9 Å². The van der Waals surface area contributed by atoms with Crippen molar-refractivity contribution in [3.8, 4) is 24.7 Å². The maximum atomic E-state index is 9.52. The number of terminal acetylenes is 2. The van der Waals surface area contributed by atoms with Crippen molar-refractivity contribution in [2.45, 2.75) is 0 Å². The van der Waals surface area contributed by atoms with E-state index in [1.807, 2.05) is 11.8 Å². The van der Waals surface area contributed by atoms with Gasteiger partial charge in [-0.2, -0.15) is 0 Å². The van der Waals surface area contributed by atoms with Crippen molar-refractivity contribution in [1.29, 1.82) is 0 Å². The van der Waals surface area contributed by atoms with Gasteiger partial charge in [0.2, 0.25) is 20.8 Å². The Morgan fingerprint density at radius 2 is 1.12 bits per heavy atom. The largest absolute Gasteiger partial charge is 2.00 e. The topological polar surface area (TPSA) is 133 Å². The summed E-state index contributed by atoms with van der Waals surface area (Å²) in [6.45, 7) is -0.988. The van der Waals surface area contributed by atoms with E-state index in [2.05, 4.69) is 21.2 Å². The fraction of sp³-hybridized carbons (Fsp3) is 0.333. The Morgan fingerprint density at radius 1 is 0.882 bits per heavy atom. The van der Waals surface area contributed by atoms with Gasteiger partial charge in [0.05, 0.1) is 0 Å². The molecule has 0 amide bonds.